The molecule has 0 spiro atoms. The van der Waals surface area contributed by atoms with Crippen molar-refractivity contribution in [1.29, 1.82) is 0 Å². The minimum absolute atomic E-state index is 0.162. The summed E-state index contributed by atoms with van der Waals surface area (Å²) in [4.78, 5) is 27.4. The van der Waals surface area contributed by atoms with Crippen LogP contribution in [0.1, 0.15) is 30.8 Å². The molecule has 0 unspecified atom stereocenters. The van der Waals surface area contributed by atoms with Gasteiger partial charge >= 0.3 is 0 Å². The van der Waals surface area contributed by atoms with E-state index in [2.05, 4.69) is 27.9 Å². The largest absolute Gasteiger partial charge is 0.384 e. The van der Waals surface area contributed by atoms with Gasteiger partial charge in [0.15, 0.2) is 0 Å². The lowest BCUT2D eigenvalue weighted by Gasteiger charge is -2.08. The molecule has 0 aliphatic rings. The molecule has 1 aromatic heterocycles. The Kier molecular flexibility index (Phi) is 5.68. The minimum Gasteiger partial charge on any atom is -0.384 e. The molecular formula is C17H20N4O2. The summed E-state index contributed by atoms with van der Waals surface area (Å²) in [5, 5.41) is 8.63. The number of aromatic nitrogens is 1. The van der Waals surface area contributed by atoms with Crippen molar-refractivity contribution in [3.05, 3.63) is 48.3 Å². The van der Waals surface area contributed by atoms with E-state index in [0.717, 1.165) is 18.7 Å². The fourth-order valence-electron chi connectivity index (χ4n) is 1.98. The zero-order valence-corrected chi connectivity index (χ0v) is 13.2. The lowest BCUT2D eigenvalue weighted by Crippen LogP contribution is -2.14. The number of pyridine rings is 1. The van der Waals surface area contributed by atoms with Gasteiger partial charge in [0.2, 0.25) is 5.91 Å². The van der Waals surface area contributed by atoms with E-state index >= 15 is 0 Å². The first kappa shape index (κ1) is 16.5. The second kappa shape index (κ2) is 7.93. The number of anilines is 3. The van der Waals surface area contributed by atoms with Crippen LogP contribution in [0.4, 0.5) is 17.1 Å². The van der Waals surface area contributed by atoms with E-state index in [1.54, 1.807) is 36.5 Å². The smallest absolute Gasteiger partial charge is 0.274 e. The number of carbonyl (C=O) groups excluding carboxylic acids is 2. The summed E-state index contributed by atoms with van der Waals surface area (Å²) in [6.45, 7) is 4.38. The predicted octanol–water partition coefficient (Wildman–Crippen LogP) is 3.11. The van der Waals surface area contributed by atoms with Crippen molar-refractivity contribution in [1.82, 2.24) is 4.98 Å². The molecule has 0 aliphatic heterocycles. The van der Waals surface area contributed by atoms with Gasteiger partial charge in [-0.25, -0.2) is 4.98 Å². The molecule has 2 aromatic rings. The van der Waals surface area contributed by atoms with Crippen LogP contribution >= 0.6 is 0 Å². The van der Waals surface area contributed by atoms with E-state index in [1.807, 2.05) is 6.07 Å². The number of carbonyl (C=O) groups is 2. The molecule has 120 valence electrons. The van der Waals surface area contributed by atoms with Gasteiger partial charge < -0.3 is 16.0 Å². The summed E-state index contributed by atoms with van der Waals surface area (Å²) in [5.41, 5.74) is 2.44. The molecule has 6 heteroatoms. The Bertz CT molecular complexity index is 683. The van der Waals surface area contributed by atoms with Gasteiger partial charge in [-0.2, -0.15) is 0 Å². The highest BCUT2D eigenvalue weighted by Crippen LogP contribution is 2.16. The maximum atomic E-state index is 12.2. The third kappa shape index (κ3) is 5.10. The molecule has 2 rings (SSSR count). The lowest BCUT2D eigenvalue weighted by atomic mass is 10.2. The van der Waals surface area contributed by atoms with Crippen molar-refractivity contribution in [2.75, 3.05) is 22.5 Å². The number of benzene rings is 1. The first-order valence-electron chi connectivity index (χ1n) is 7.47. The molecule has 0 saturated carbocycles. The average Bonchev–Trinajstić information content (AvgIpc) is 2.53. The first-order valence-corrected chi connectivity index (χ1v) is 7.47. The Balaban J connectivity index is 2.02. The second-order valence-corrected chi connectivity index (χ2v) is 5.08. The highest BCUT2D eigenvalue weighted by Gasteiger charge is 2.08. The van der Waals surface area contributed by atoms with E-state index in [9.17, 15) is 9.59 Å². The maximum Gasteiger partial charge on any atom is 0.274 e. The first-order chi connectivity index (χ1) is 11.1. The van der Waals surface area contributed by atoms with Crippen molar-refractivity contribution < 1.29 is 9.59 Å². The van der Waals surface area contributed by atoms with Gasteiger partial charge in [-0.05, 0) is 36.8 Å². The van der Waals surface area contributed by atoms with Crippen molar-refractivity contribution in [3.63, 3.8) is 0 Å². The van der Waals surface area contributed by atoms with Crippen molar-refractivity contribution in [2.24, 2.45) is 0 Å². The summed E-state index contributed by atoms with van der Waals surface area (Å²) in [6, 6.07) is 10.4. The van der Waals surface area contributed by atoms with Gasteiger partial charge in [-0.3, -0.25) is 9.59 Å². The number of nitrogens with one attached hydrogen (secondary N) is 3. The molecule has 23 heavy (non-hydrogen) atoms. The van der Waals surface area contributed by atoms with Crippen LogP contribution in [0, 0.1) is 0 Å². The fraction of sp³-hybridized carbons (Fsp3) is 0.235. The summed E-state index contributed by atoms with van der Waals surface area (Å²) in [5.74, 6) is -0.461. The maximum absolute atomic E-state index is 12.2. The number of nitrogens with zero attached hydrogens (tertiary/aromatic N) is 1. The number of amides is 2. The molecule has 6 nitrogen and oxygen atoms in total. The zero-order chi connectivity index (χ0) is 16.7. The standard InChI is InChI=1S/C17H20N4O2/c1-3-9-18-15-7-8-16(19-11-15)17(23)21-14-6-4-5-13(10-14)20-12(2)22/h4-8,10-11,18H,3,9H2,1-2H3,(H,20,22)(H,21,23). The topological polar surface area (TPSA) is 83.1 Å². The van der Waals surface area contributed by atoms with Crippen molar-refractivity contribution >= 4 is 28.9 Å². The quantitative estimate of drug-likeness (QED) is 0.765. The van der Waals surface area contributed by atoms with Crippen LogP contribution in [-0.2, 0) is 4.79 Å². The minimum atomic E-state index is -0.299. The van der Waals surface area contributed by atoms with Gasteiger partial charge in [-0.1, -0.05) is 13.0 Å². The normalized spacial score (nSPS) is 10.0. The van der Waals surface area contributed by atoms with Gasteiger partial charge in [0.05, 0.1) is 11.9 Å². The van der Waals surface area contributed by atoms with Crippen LogP contribution in [0.15, 0.2) is 42.6 Å². The Hall–Kier alpha value is -2.89. The summed E-state index contributed by atoms with van der Waals surface area (Å²) in [7, 11) is 0. The Morgan fingerprint density at radius 3 is 2.39 bits per heavy atom. The summed E-state index contributed by atoms with van der Waals surface area (Å²) >= 11 is 0. The third-order valence-electron chi connectivity index (χ3n) is 3.02. The Morgan fingerprint density at radius 2 is 1.78 bits per heavy atom. The number of hydrogen-bond acceptors (Lipinski definition) is 4. The zero-order valence-electron chi connectivity index (χ0n) is 13.2. The Morgan fingerprint density at radius 1 is 1.04 bits per heavy atom. The van der Waals surface area contributed by atoms with E-state index in [-0.39, 0.29) is 11.8 Å². The van der Waals surface area contributed by atoms with E-state index in [4.69, 9.17) is 0 Å². The molecule has 0 atom stereocenters. The Labute approximate surface area is 135 Å². The van der Waals surface area contributed by atoms with E-state index in [0.29, 0.717) is 17.1 Å². The van der Waals surface area contributed by atoms with Gasteiger partial charge in [0.25, 0.3) is 5.91 Å². The van der Waals surface area contributed by atoms with Crippen LogP contribution < -0.4 is 16.0 Å². The molecule has 0 saturated heterocycles. The summed E-state index contributed by atoms with van der Waals surface area (Å²) < 4.78 is 0. The average molecular weight is 312 g/mol. The molecule has 0 bridgehead atoms. The van der Waals surface area contributed by atoms with Gasteiger partial charge in [0, 0.05) is 24.8 Å². The van der Waals surface area contributed by atoms with Gasteiger partial charge in [0.1, 0.15) is 5.69 Å². The molecule has 0 radical (unpaired) electrons. The lowest BCUT2D eigenvalue weighted by molar-refractivity contribution is -0.114. The van der Waals surface area contributed by atoms with Crippen LogP contribution in [-0.4, -0.2) is 23.3 Å². The van der Waals surface area contributed by atoms with Crippen LogP contribution in [0.5, 0.6) is 0 Å². The fourth-order valence-corrected chi connectivity index (χ4v) is 1.98. The van der Waals surface area contributed by atoms with E-state index < -0.39 is 0 Å². The van der Waals surface area contributed by atoms with E-state index in [1.165, 1.54) is 6.92 Å². The monoisotopic (exact) mass is 312 g/mol. The third-order valence-corrected chi connectivity index (χ3v) is 3.02. The van der Waals surface area contributed by atoms with Crippen molar-refractivity contribution in [3.8, 4) is 0 Å². The molecule has 3 N–H and O–H groups in total. The van der Waals surface area contributed by atoms with Crippen molar-refractivity contribution in [2.45, 2.75) is 20.3 Å². The molecule has 0 fully saturated rings. The predicted molar refractivity (Wildman–Crippen MR) is 91.7 cm³/mol. The molecule has 2 amide bonds. The molecular weight excluding hydrogens is 292 g/mol. The van der Waals surface area contributed by atoms with Gasteiger partial charge in [-0.15, -0.1) is 0 Å². The van der Waals surface area contributed by atoms with Crippen LogP contribution in [0.25, 0.3) is 0 Å². The summed E-state index contributed by atoms with van der Waals surface area (Å²) in [6.07, 6.45) is 2.66. The SMILES string of the molecule is CCCNc1ccc(C(=O)Nc2cccc(NC(C)=O)c2)nc1. The highest BCUT2D eigenvalue weighted by atomic mass is 16.2. The van der Waals surface area contributed by atoms with Crippen LogP contribution in [0.2, 0.25) is 0 Å². The number of hydrogen-bond donors (Lipinski definition) is 3. The number of rotatable bonds is 6. The molecule has 0 aliphatic carbocycles. The molecule has 1 aromatic carbocycles. The molecule has 1 heterocycles. The van der Waals surface area contributed by atoms with Crippen LogP contribution in [0.3, 0.4) is 0 Å². The second-order valence-electron chi connectivity index (χ2n) is 5.08. The highest BCUT2D eigenvalue weighted by molar-refractivity contribution is 6.03.